The summed E-state index contributed by atoms with van der Waals surface area (Å²) in [7, 11) is 4.18. The third-order valence-electron chi connectivity index (χ3n) is 4.01. The molecule has 0 aliphatic heterocycles. The van der Waals surface area contributed by atoms with Gasteiger partial charge in [-0.3, -0.25) is 0 Å². The van der Waals surface area contributed by atoms with Crippen molar-refractivity contribution in [2.24, 2.45) is 5.92 Å². The van der Waals surface area contributed by atoms with Crippen molar-refractivity contribution in [3.8, 4) is 0 Å². The van der Waals surface area contributed by atoms with Crippen LogP contribution in [0.25, 0.3) is 0 Å². The normalized spacial score (nSPS) is 26.9. The molecule has 2 atom stereocenters. The molecule has 17 heavy (non-hydrogen) atoms. The van der Waals surface area contributed by atoms with E-state index < -0.39 is 0 Å². The summed E-state index contributed by atoms with van der Waals surface area (Å²) in [5, 5.41) is 3.64. The van der Waals surface area contributed by atoms with Gasteiger partial charge in [0.15, 0.2) is 0 Å². The summed E-state index contributed by atoms with van der Waals surface area (Å²) >= 11 is 0. The first-order valence-corrected chi connectivity index (χ1v) is 6.74. The molecule has 0 spiro atoms. The van der Waals surface area contributed by atoms with Crippen molar-refractivity contribution in [2.45, 2.75) is 31.2 Å². The van der Waals surface area contributed by atoms with Gasteiger partial charge in [0.2, 0.25) is 0 Å². The fourth-order valence-corrected chi connectivity index (χ4v) is 2.51. The molecule has 92 valence electrons. The molecule has 0 radical (unpaired) electrons. The molecule has 2 fully saturated rings. The molecule has 1 aromatic carbocycles. The van der Waals surface area contributed by atoms with Gasteiger partial charge in [-0.25, -0.2) is 0 Å². The topological polar surface area (TPSA) is 15.3 Å². The highest BCUT2D eigenvalue weighted by Crippen LogP contribution is 2.47. The third-order valence-corrected chi connectivity index (χ3v) is 4.01. The largest absolute Gasteiger partial charge is 0.378 e. The van der Waals surface area contributed by atoms with Gasteiger partial charge in [0.05, 0.1) is 0 Å². The number of anilines is 1. The van der Waals surface area contributed by atoms with E-state index in [0.29, 0.717) is 0 Å². The highest BCUT2D eigenvalue weighted by molar-refractivity contribution is 5.47. The number of hydrogen-bond donors (Lipinski definition) is 1. The van der Waals surface area contributed by atoms with Crippen LogP contribution in [0, 0.1) is 5.92 Å². The Bertz CT molecular complexity index is 378. The zero-order valence-corrected chi connectivity index (χ0v) is 10.8. The molecule has 2 nitrogen and oxygen atoms in total. The van der Waals surface area contributed by atoms with Crippen LogP contribution in [-0.4, -0.2) is 26.7 Å². The molecule has 0 aromatic heterocycles. The fraction of sp³-hybridized carbons (Fsp3) is 0.600. The zero-order chi connectivity index (χ0) is 11.8. The van der Waals surface area contributed by atoms with Gasteiger partial charge >= 0.3 is 0 Å². The van der Waals surface area contributed by atoms with Gasteiger partial charge < -0.3 is 10.2 Å². The molecule has 0 bridgehead atoms. The van der Waals surface area contributed by atoms with Gasteiger partial charge in [-0.2, -0.15) is 0 Å². The number of nitrogens with zero attached hydrogens (tertiary/aromatic N) is 1. The molecule has 1 N–H and O–H groups in total. The van der Waals surface area contributed by atoms with Crippen LogP contribution in [0.15, 0.2) is 24.3 Å². The first kappa shape index (κ1) is 11.1. The molecule has 2 saturated carbocycles. The molecule has 2 aliphatic rings. The number of rotatable bonds is 5. The Hall–Kier alpha value is -1.02. The molecule has 0 amide bonds. The molecule has 3 rings (SSSR count). The third kappa shape index (κ3) is 2.63. The maximum absolute atomic E-state index is 3.64. The van der Waals surface area contributed by atoms with Gasteiger partial charge in [0, 0.05) is 25.8 Å². The van der Waals surface area contributed by atoms with E-state index >= 15 is 0 Å². The van der Waals surface area contributed by atoms with E-state index in [0.717, 1.165) is 17.9 Å². The van der Waals surface area contributed by atoms with Crippen molar-refractivity contribution in [3.63, 3.8) is 0 Å². The first-order chi connectivity index (χ1) is 8.24. The number of nitrogens with one attached hydrogen (secondary N) is 1. The SMILES string of the molecule is CN(C)c1ccc(C2CC2CNC2CC2)cc1. The van der Waals surface area contributed by atoms with Crippen molar-refractivity contribution in [1.29, 1.82) is 0 Å². The summed E-state index contributed by atoms with van der Waals surface area (Å²) in [5.74, 6) is 1.71. The van der Waals surface area contributed by atoms with Crippen LogP contribution in [0.4, 0.5) is 5.69 Å². The van der Waals surface area contributed by atoms with Gasteiger partial charge in [-0.15, -0.1) is 0 Å². The summed E-state index contributed by atoms with van der Waals surface area (Å²) in [6, 6.07) is 9.93. The van der Waals surface area contributed by atoms with Crippen molar-refractivity contribution in [2.75, 3.05) is 25.5 Å². The quantitative estimate of drug-likeness (QED) is 0.836. The van der Waals surface area contributed by atoms with Crippen molar-refractivity contribution in [1.82, 2.24) is 5.32 Å². The second-order valence-corrected chi connectivity index (χ2v) is 5.77. The van der Waals surface area contributed by atoms with Crippen LogP contribution in [-0.2, 0) is 0 Å². The van der Waals surface area contributed by atoms with Crippen molar-refractivity contribution < 1.29 is 0 Å². The van der Waals surface area contributed by atoms with E-state index in [1.54, 1.807) is 0 Å². The van der Waals surface area contributed by atoms with Crippen molar-refractivity contribution >= 4 is 5.69 Å². The van der Waals surface area contributed by atoms with Crippen molar-refractivity contribution in [3.05, 3.63) is 29.8 Å². The Morgan fingerprint density at radius 1 is 1.18 bits per heavy atom. The molecule has 0 heterocycles. The predicted molar refractivity (Wildman–Crippen MR) is 72.6 cm³/mol. The second-order valence-electron chi connectivity index (χ2n) is 5.77. The number of benzene rings is 1. The van der Waals surface area contributed by atoms with Gasteiger partial charge in [0.25, 0.3) is 0 Å². The van der Waals surface area contributed by atoms with Crippen LogP contribution in [0.3, 0.4) is 0 Å². The lowest BCUT2D eigenvalue weighted by molar-refractivity contribution is 0.624. The lowest BCUT2D eigenvalue weighted by Crippen LogP contribution is -2.19. The average Bonchev–Trinajstić information content (AvgIpc) is 3.21. The summed E-state index contributed by atoms with van der Waals surface area (Å²) in [6.07, 6.45) is 4.17. The summed E-state index contributed by atoms with van der Waals surface area (Å²) in [5.41, 5.74) is 2.82. The number of hydrogen-bond acceptors (Lipinski definition) is 2. The average molecular weight is 230 g/mol. The molecule has 2 unspecified atom stereocenters. The van der Waals surface area contributed by atoms with Gasteiger partial charge in [0.1, 0.15) is 0 Å². The van der Waals surface area contributed by atoms with Crippen LogP contribution in [0.5, 0.6) is 0 Å². The molecule has 2 aliphatic carbocycles. The fourth-order valence-electron chi connectivity index (χ4n) is 2.51. The van der Waals surface area contributed by atoms with E-state index in [9.17, 15) is 0 Å². The zero-order valence-electron chi connectivity index (χ0n) is 10.8. The lowest BCUT2D eigenvalue weighted by atomic mass is 10.1. The second kappa shape index (κ2) is 4.34. The lowest BCUT2D eigenvalue weighted by Gasteiger charge is -2.12. The van der Waals surface area contributed by atoms with Crippen LogP contribution >= 0.6 is 0 Å². The molecule has 2 heteroatoms. The summed E-state index contributed by atoms with van der Waals surface area (Å²) in [4.78, 5) is 2.16. The summed E-state index contributed by atoms with van der Waals surface area (Å²) < 4.78 is 0. The van der Waals surface area contributed by atoms with E-state index in [4.69, 9.17) is 0 Å². The molecule has 1 aromatic rings. The van der Waals surface area contributed by atoms with E-state index in [1.165, 1.54) is 37.1 Å². The minimum atomic E-state index is 0.817. The maximum atomic E-state index is 3.64. The van der Waals surface area contributed by atoms with E-state index in [1.807, 2.05) is 0 Å². The molecular weight excluding hydrogens is 208 g/mol. The molecular formula is C15H22N2. The summed E-state index contributed by atoms with van der Waals surface area (Å²) in [6.45, 7) is 1.23. The van der Waals surface area contributed by atoms with E-state index in [2.05, 4.69) is 48.6 Å². The first-order valence-electron chi connectivity index (χ1n) is 6.74. The predicted octanol–water partition coefficient (Wildman–Crippen LogP) is 2.61. The smallest absolute Gasteiger partial charge is 0.0361 e. The standard InChI is InChI=1S/C15H22N2/c1-17(2)14-7-3-11(4-8-14)15-9-12(15)10-16-13-5-6-13/h3-4,7-8,12-13,15-16H,5-6,9-10H2,1-2H3. The van der Waals surface area contributed by atoms with Crippen LogP contribution in [0.2, 0.25) is 0 Å². The monoisotopic (exact) mass is 230 g/mol. The Kier molecular flexibility index (Phi) is 2.83. The highest BCUT2D eigenvalue weighted by atomic mass is 15.1. The minimum Gasteiger partial charge on any atom is -0.378 e. The Morgan fingerprint density at radius 3 is 2.47 bits per heavy atom. The van der Waals surface area contributed by atoms with Crippen LogP contribution < -0.4 is 10.2 Å². The maximum Gasteiger partial charge on any atom is 0.0361 e. The van der Waals surface area contributed by atoms with E-state index in [-0.39, 0.29) is 0 Å². The van der Waals surface area contributed by atoms with Crippen LogP contribution in [0.1, 0.15) is 30.7 Å². The Balaban J connectivity index is 1.54. The van der Waals surface area contributed by atoms with Gasteiger partial charge in [-0.1, -0.05) is 12.1 Å². The molecule has 0 saturated heterocycles. The van der Waals surface area contributed by atoms with Gasteiger partial charge in [-0.05, 0) is 55.3 Å². The highest BCUT2D eigenvalue weighted by Gasteiger charge is 2.38. The Morgan fingerprint density at radius 2 is 1.88 bits per heavy atom. The minimum absolute atomic E-state index is 0.817. The Labute approximate surface area is 104 Å².